The van der Waals surface area contributed by atoms with Gasteiger partial charge in [0.05, 0.1) is 12.5 Å². The number of primary amides is 1. The van der Waals surface area contributed by atoms with Crippen LogP contribution in [0, 0.1) is 0 Å². The van der Waals surface area contributed by atoms with Crippen molar-refractivity contribution in [1.29, 1.82) is 0 Å². The van der Waals surface area contributed by atoms with Gasteiger partial charge in [-0.05, 0) is 5.16 Å². The Morgan fingerprint density at radius 2 is 2.24 bits per heavy atom. The molecule has 0 bridgehead atoms. The highest BCUT2D eigenvalue weighted by atomic mass is 16.5. The number of nitrogens with zero attached hydrogens (tertiary/aromatic N) is 3. The van der Waals surface area contributed by atoms with Gasteiger partial charge in [-0.1, -0.05) is 0 Å². The Labute approximate surface area is 98.3 Å². The Morgan fingerprint density at radius 3 is 2.88 bits per heavy atom. The van der Waals surface area contributed by atoms with E-state index >= 15 is 0 Å². The van der Waals surface area contributed by atoms with Crippen LogP contribution in [0.4, 0.5) is 5.95 Å². The topological polar surface area (TPSA) is 123 Å². The SMILES string of the molecule is NC(=O)C[C@H](N)c1nc(N2CCNCC2)no1. The van der Waals surface area contributed by atoms with Gasteiger partial charge >= 0.3 is 0 Å². The van der Waals surface area contributed by atoms with E-state index in [2.05, 4.69) is 15.5 Å². The van der Waals surface area contributed by atoms with Crippen LogP contribution in [-0.2, 0) is 4.79 Å². The van der Waals surface area contributed by atoms with E-state index in [4.69, 9.17) is 16.0 Å². The zero-order chi connectivity index (χ0) is 12.3. The average molecular weight is 240 g/mol. The number of hydrogen-bond acceptors (Lipinski definition) is 7. The molecule has 1 aromatic heterocycles. The third-order valence-corrected chi connectivity index (χ3v) is 2.57. The molecule has 1 aliphatic rings. The van der Waals surface area contributed by atoms with Crippen LogP contribution in [0.5, 0.6) is 0 Å². The molecule has 1 atom stereocenters. The molecule has 1 aromatic rings. The molecular formula is C9H16N6O2. The molecule has 0 radical (unpaired) electrons. The van der Waals surface area contributed by atoms with Crippen LogP contribution in [-0.4, -0.2) is 42.2 Å². The molecule has 0 aliphatic carbocycles. The van der Waals surface area contributed by atoms with Crippen molar-refractivity contribution in [2.75, 3.05) is 31.1 Å². The fourth-order valence-electron chi connectivity index (χ4n) is 1.67. The zero-order valence-corrected chi connectivity index (χ0v) is 9.43. The summed E-state index contributed by atoms with van der Waals surface area (Å²) in [6.45, 7) is 3.42. The van der Waals surface area contributed by atoms with E-state index in [0.29, 0.717) is 5.95 Å². The van der Waals surface area contributed by atoms with Crippen LogP contribution in [0.1, 0.15) is 18.4 Å². The van der Waals surface area contributed by atoms with Gasteiger partial charge in [-0.3, -0.25) is 4.79 Å². The summed E-state index contributed by atoms with van der Waals surface area (Å²) in [5.41, 5.74) is 10.8. The number of piperazine rings is 1. The first-order chi connectivity index (χ1) is 8.16. The maximum Gasteiger partial charge on any atom is 0.266 e. The predicted octanol–water partition coefficient (Wildman–Crippen LogP) is -1.65. The Kier molecular flexibility index (Phi) is 3.55. The lowest BCUT2D eigenvalue weighted by atomic mass is 10.2. The highest BCUT2D eigenvalue weighted by molar-refractivity contribution is 5.74. The van der Waals surface area contributed by atoms with E-state index in [-0.39, 0.29) is 12.3 Å². The minimum Gasteiger partial charge on any atom is -0.370 e. The van der Waals surface area contributed by atoms with Crippen LogP contribution in [0.25, 0.3) is 0 Å². The molecule has 0 unspecified atom stereocenters. The first kappa shape index (κ1) is 11.8. The number of carbonyl (C=O) groups is 1. The van der Waals surface area contributed by atoms with Crippen LogP contribution in [0.2, 0.25) is 0 Å². The normalized spacial score (nSPS) is 18.1. The van der Waals surface area contributed by atoms with Gasteiger partial charge in [0.15, 0.2) is 0 Å². The lowest BCUT2D eigenvalue weighted by Crippen LogP contribution is -2.44. The molecule has 1 amide bonds. The van der Waals surface area contributed by atoms with E-state index in [9.17, 15) is 4.79 Å². The van der Waals surface area contributed by atoms with E-state index in [1.54, 1.807) is 0 Å². The molecule has 8 heteroatoms. The Bertz CT molecular complexity index is 387. The van der Waals surface area contributed by atoms with Crippen molar-refractivity contribution >= 4 is 11.9 Å². The third-order valence-electron chi connectivity index (χ3n) is 2.57. The lowest BCUT2D eigenvalue weighted by molar-refractivity contribution is -0.118. The molecule has 2 rings (SSSR count). The summed E-state index contributed by atoms with van der Waals surface area (Å²) in [7, 11) is 0. The predicted molar refractivity (Wildman–Crippen MR) is 60.1 cm³/mol. The molecule has 17 heavy (non-hydrogen) atoms. The van der Waals surface area contributed by atoms with Gasteiger partial charge in [0.1, 0.15) is 0 Å². The van der Waals surface area contributed by atoms with Crippen molar-refractivity contribution in [1.82, 2.24) is 15.5 Å². The van der Waals surface area contributed by atoms with Crippen molar-refractivity contribution in [3.8, 4) is 0 Å². The van der Waals surface area contributed by atoms with Gasteiger partial charge in [0.25, 0.3) is 5.95 Å². The van der Waals surface area contributed by atoms with Crippen LogP contribution in [0.3, 0.4) is 0 Å². The monoisotopic (exact) mass is 240 g/mol. The first-order valence-corrected chi connectivity index (χ1v) is 5.50. The van der Waals surface area contributed by atoms with Crippen LogP contribution >= 0.6 is 0 Å². The number of amides is 1. The number of carbonyl (C=O) groups excluding carboxylic acids is 1. The highest BCUT2D eigenvalue weighted by Crippen LogP contribution is 2.16. The number of aromatic nitrogens is 2. The molecule has 0 aromatic carbocycles. The standard InChI is InChI=1S/C9H16N6O2/c10-6(5-7(11)16)8-13-9(14-17-8)15-3-1-12-2-4-15/h6,12H,1-5,10H2,(H2,11,16)/t6-/m0/s1. The second-order valence-corrected chi connectivity index (χ2v) is 3.95. The van der Waals surface area contributed by atoms with Gasteiger partial charge in [-0.15, -0.1) is 0 Å². The second kappa shape index (κ2) is 5.11. The molecule has 1 aliphatic heterocycles. The first-order valence-electron chi connectivity index (χ1n) is 5.50. The van der Waals surface area contributed by atoms with Gasteiger partial charge in [0.2, 0.25) is 11.8 Å². The van der Waals surface area contributed by atoms with E-state index in [1.165, 1.54) is 0 Å². The maximum absolute atomic E-state index is 10.7. The highest BCUT2D eigenvalue weighted by Gasteiger charge is 2.20. The van der Waals surface area contributed by atoms with Gasteiger partial charge in [-0.2, -0.15) is 4.98 Å². The fraction of sp³-hybridized carbons (Fsp3) is 0.667. The number of nitrogens with two attached hydrogens (primary N) is 2. The minimum atomic E-state index is -0.628. The largest absolute Gasteiger partial charge is 0.370 e. The molecule has 0 spiro atoms. The van der Waals surface area contributed by atoms with E-state index < -0.39 is 11.9 Å². The Hall–Kier alpha value is -1.67. The molecule has 94 valence electrons. The molecule has 2 heterocycles. The molecule has 1 fully saturated rings. The minimum absolute atomic E-state index is 0.00316. The van der Waals surface area contributed by atoms with Crippen LogP contribution < -0.4 is 21.7 Å². The number of anilines is 1. The molecule has 5 N–H and O–H groups in total. The zero-order valence-electron chi connectivity index (χ0n) is 9.43. The number of nitrogens with one attached hydrogen (secondary N) is 1. The van der Waals surface area contributed by atoms with E-state index in [0.717, 1.165) is 26.2 Å². The number of hydrogen-bond donors (Lipinski definition) is 3. The molecule has 8 nitrogen and oxygen atoms in total. The summed E-state index contributed by atoms with van der Waals surface area (Å²) in [4.78, 5) is 16.9. The average Bonchev–Trinajstić information content (AvgIpc) is 2.78. The van der Waals surface area contributed by atoms with Gasteiger partial charge in [-0.25, -0.2) is 0 Å². The summed E-state index contributed by atoms with van der Waals surface area (Å²) in [5.74, 6) is 0.276. The van der Waals surface area contributed by atoms with Gasteiger partial charge < -0.3 is 26.2 Å². The summed E-state index contributed by atoms with van der Waals surface area (Å²) in [6, 6.07) is -0.628. The summed E-state index contributed by atoms with van der Waals surface area (Å²) in [5, 5.41) is 7.07. The quantitative estimate of drug-likeness (QED) is 0.576. The van der Waals surface area contributed by atoms with Crippen molar-refractivity contribution < 1.29 is 9.32 Å². The second-order valence-electron chi connectivity index (χ2n) is 3.95. The molecular weight excluding hydrogens is 224 g/mol. The summed E-state index contributed by atoms with van der Waals surface area (Å²) in [6.07, 6.45) is 0.00316. The lowest BCUT2D eigenvalue weighted by Gasteiger charge is -2.25. The Morgan fingerprint density at radius 1 is 1.53 bits per heavy atom. The van der Waals surface area contributed by atoms with Crippen LogP contribution in [0.15, 0.2) is 4.52 Å². The van der Waals surface area contributed by atoms with E-state index in [1.807, 2.05) is 4.90 Å². The third kappa shape index (κ3) is 2.92. The molecule has 0 saturated carbocycles. The van der Waals surface area contributed by atoms with Crippen molar-refractivity contribution in [2.24, 2.45) is 11.5 Å². The van der Waals surface area contributed by atoms with Gasteiger partial charge in [0, 0.05) is 26.2 Å². The summed E-state index contributed by atoms with van der Waals surface area (Å²) < 4.78 is 5.02. The molecule has 1 saturated heterocycles. The van der Waals surface area contributed by atoms with Crippen molar-refractivity contribution in [3.05, 3.63) is 5.89 Å². The van der Waals surface area contributed by atoms with Crippen molar-refractivity contribution in [2.45, 2.75) is 12.5 Å². The Balaban J connectivity index is 2.01. The number of rotatable bonds is 4. The maximum atomic E-state index is 10.7. The summed E-state index contributed by atoms with van der Waals surface area (Å²) >= 11 is 0. The fourth-order valence-corrected chi connectivity index (χ4v) is 1.67. The van der Waals surface area contributed by atoms with Crippen molar-refractivity contribution in [3.63, 3.8) is 0 Å². The smallest absolute Gasteiger partial charge is 0.266 e.